The van der Waals surface area contributed by atoms with Crippen molar-refractivity contribution in [3.05, 3.63) is 23.8 Å². The van der Waals surface area contributed by atoms with Crippen molar-refractivity contribution in [3.8, 4) is 0 Å². The molecule has 1 aromatic carbocycles. The van der Waals surface area contributed by atoms with Gasteiger partial charge >= 0.3 is 0 Å². The first-order chi connectivity index (χ1) is 9.43. The second-order valence-electron chi connectivity index (χ2n) is 4.91. The average molecular weight is 277 g/mol. The lowest BCUT2D eigenvalue weighted by Gasteiger charge is -2.12. The molecule has 1 aromatic rings. The van der Waals surface area contributed by atoms with Gasteiger partial charge in [0.05, 0.1) is 0 Å². The molecule has 0 radical (unpaired) electrons. The van der Waals surface area contributed by atoms with Crippen molar-refractivity contribution in [2.24, 2.45) is 0 Å². The molecule has 0 saturated heterocycles. The summed E-state index contributed by atoms with van der Waals surface area (Å²) in [4.78, 5) is 23.0. The first-order valence-electron chi connectivity index (χ1n) is 6.87. The Morgan fingerprint density at radius 2 is 2.05 bits per heavy atom. The molecule has 0 saturated carbocycles. The number of amides is 1. The summed E-state index contributed by atoms with van der Waals surface area (Å²) in [6.07, 6.45) is 1.31. The van der Waals surface area contributed by atoms with Crippen molar-refractivity contribution in [1.82, 2.24) is 5.32 Å². The summed E-state index contributed by atoms with van der Waals surface area (Å²) in [6.45, 7) is 6.00. The van der Waals surface area contributed by atoms with Crippen LogP contribution in [0.4, 0.5) is 11.4 Å². The van der Waals surface area contributed by atoms with Crippen LogP contribution < -0.4 is 16.4 Å². The summed E-state index contributed by atoms with van der Waals surface area (Å²) in [5.74, 6) is -0.0465. The number of carbonyl (C=O) groups excluding carboxylic acids is 2. The number of nitrogens with two attached hydrogens (primary N) is 1. The van der Waals surface area contributed by atoms with Gasteiger partial charge in [0.15, 0.2) is 5.78 Å². The van der Waals surface area contributed by atoms with Gasteiger partial charge in [-0.3, -0.25) is 9.59 Å². The minimum Gasteiger partial charge on any atom is -0.398 e. The maximum atomic E-state index is 11.6. The van der Waals surface area contributed by atoms with E-state index < -0.39 is 0 Å². The van der Waals surface area contributed by atoms with Crippen LogP contribution in [-0.2, 0) is 4.79 Å². The zero-order valence-electron chi connectivity index (χ0n) is 12.3. The van der Waals surface area contributed by atoms with E-state index in [1.807, 2.05) is 13.8 Å². The molecule has 0 aliphatic carbocycles. The van der Waals surface area contributed by atoms with Gasteiger partial charge in [-0.05, 0) is 38.5 Å². The van der Waals surface area contributed by atoms with E-state index in [1.165, 1.54) is 6.92 Å². The monoisotopic (exact) mass is 277 g/mol. The predicted octanol–water partition coefficient (Wildman–Crippen LogP) is 2.19. The highest BCUT2D eigenvalue weighted by atomic mass is 16.1. The largest absolute Gasteiger partial charge is 0.398 e. The Kier molecular flexibility index (Phi) is 6.03. The van der Waals surface area contributed by atoms with Gasteiger partial charge < -0.3 is 16.4 Å². The molecule has 1 atom stereocenters. The van der Waals surface area contributed by atoms with E-state index in [0.717, 1.165) is 12.1 Å². The molecule has 1 rings (SSSR count). The first kappa shape index (κ1) is 16.0. The zero-order valence-corrected chi connectivity index (χ0v) is 12.3. The van der Waals surface area contributed by atoms with Gasteiger partial charge in [0.1, 0.15) is 0 Å². The lowest BCUT2D eigenvalue weighted by Crippen LogP contribution is -2.32. The molecule has 0 aliphatic heterocycles. The third kappa shape index (κ3) is 4.91. The van der Waals surface area contributed by atoms with Crippen molar-refractivity contribution in [2.75, 3.05) is 17.6 Å². The Balaban J connectivity index is 2.48. The molecule has 5 nitrogen and oxygen atoms in total. The number of nitrogen functional groups attached to an aromatic ring is 1. The molecule has 20 heavy (non-hydrogen) atoms. The molecule has 1 amide bonds. The van der Waals surface area contributed by atoms with Gasteiger partial charge in [-0.25, -0.2) is 0 Å². The lowest BCUT2D eigenvalue weighted by atomic mass is 10.1. The number of carbonyl (C=O) groups is 2. The molecule has 1 unspecified atom stereocenters. The van der Waals surface area contributed by atoms with Crippen LogP contribution in [0.1, 0.15) is 44.0 Å². The van der Waals surface area contributed by atoms with Crippen LogP contribution in [0.3, 0.4) is 0 Å². The Morgan fingerprint density at radius 3 is 2.65 bits per heavy atom. The average Bonchev–Trinajstić information content (AvgIpc) is 2.40. The van der Waals surface area contributed by atoms with E-state index in [9.17, 15) is 9.59 Å². The maximum absolute atomic E-state index is 11.6. The van der Waals surface area contributed by atoms with Crippen LogP contribution in [0.5, 0.6) is 0 Å². The smallest absolute Gasteiger partial charge is 0.221 e. The molecule has 0 aliphatic rings. The van der Waals surface area contributed by atoms with E-state index >= 15 is 0 Å². The van der Waals surface area contributed by atoms with Crippen molar-refractivity contribution in [2.45, 2.75) is 39.7 Å². The molecule has 4 N–H and O–H groups in total. The molecule has 0 spiro atoms. The minimum atomic E-state index is -0.0688. The fourth-order valence-electron chi connectivity index (χ4n) is 1.74. The van der Waals surface area contributed by atoms with Crippen molar-refractivity contribution in [3.63, 3.8) is 0 Å². The number of Topliss-reactive ketones (excluding diaryl/α,β-unsaturated/α-hetero) is 1. The fraction of sp³-hybridized carbons (Fsp3) is 0.467. The van der Waals surface area contributed by atoms with E-state index in [4.69, 9.17) is 5.73 Å². The predicted molar refractivity (Wildman–Crippen MR) is 81.9 cm³/mol. The van der Waals surface area contributed by atoms with Crippen LogP contribution in [0.15, 0.2) is 18.2 Å². The van der Waals surface area contributed by atoms with Crippen LogP contribution in [0, 0.1) is 0 Å². The Hall–Kier alpha value is -2.04. The summed E-state index contributed by atoms with van der Waals surface area (Å²) < 4.78 is 0. The van der Waals surface area contributed by atoms with E-state index in [2.05, 4.69) is 10.6 Å². The maximum Gasteiger partial charge on any atom is 0.221 e. The molecule has 0 fully saturated rings. The van der Waals surface area contributed by atoms with Crippen molar-refractivity contribution < 1.29 is 9.59 Å². The summed E-state index contributed by atoms with van der Waals surface area (Å²) >= 11 is 0. The highest BCUT2D eigenvalue weighted by Crippen LogP contribution is 2.18. The normalized spacial score (nSPS) is 11.8. The molecule has 0 heterocycles. The number of anilines is 2. The van der Waals surface area contributed by atoms with Gasteiger partial charge in [0, 0.05) is 35.9 Å². The summed E-state index contributed by atoms with van der Waals surface area (Å²) in [5, 5.41) is 6.02. The molecule has 0 bridgehead atoms. The third-order valence-electron chi connectivity index (χ3n) is 3.13. The second-order valence-corrected chi connectivity index (χ2v) is 4.91. The summed E-state index contributed by atoms with van der Waals surface area (Å²) in [5.41, 5.74) is 7.49. The molecule has 110 valence electrons. The Morgan fingerprint density at radius 1 is 1.35 bits per heavy atom. The van der Waals surface area contributed by atoms with Crippen LogP contribution in [0.2, 0.25) is 0 Å². The minimum absolute atomic E-state index is 0.0223. The van der Waals surface area contributed by atoms with Gasteiger partial charge in [0.2, 0.25) is 5.91 Å². The fourth-order valence-corrected chi connectivity index (χ4v) is 1.74. The molecular weight excluding hydrogens is 254 g/mol. The van der Waals surface area contributed by atoms with Gasteiger partial charge in [-0.2, -0.15) is 0 Å². The number of rotatable bonds is 7. The van der Waals surface area contributed by atoms with Crippen molar-refractivity contribution in [1.29, 1.82) is 0 Å². The second kappa shape index (κ2) is 7.53. The molecule has 5 heteroatoms. The number of hydrogen-bond acceptors (Lipinski definition) is 4. The third-order valence-corrected chi connectivity index (χ3v) is 3.13. The van der Waals surface area contributed by atoms with Gasteiger partial charge in [-0.15, -0.1) is 0 Å². The molecular formula is C15H23N3O2. The Bertz CT molecular complexity index is 486. The van der Waals surface area contributed by atoms with Gasteiger partial charge in [0.25, 0.3) is 0 Å². The van der Waals surface area contributed by atoms with Crippen LogP contribution >= 0.6 is 0 Å². The number of benzene rings is 1. The highest BCUT2D eigenvalue weighted by molar-refractivity contribution is 6.00. The zero-order chi connectivity index (χ0) is 15.1. The van der Waals surface area contributed by atoms with E-state index in [0.29, 0.717) is 24.2 Å². The number of nitrogens with one attached hydrogen (secondary N) is 2. The van der Waals surface area contributed by atoms with Crippen molar-refractivity contribution >= 4 is 23.1 Å². The quantitative estimate of drug-likeness (QED) is 0.527. The first-order valence-corrected chi connectivity index (χ1v) is 6.87. The SMILES string of the molecule is CCC(C)NC(=O)CCNc1ccc(N)c(C(C)=O)c1. The van der Waals surface area contributed by atoms with Crippen LogP contribution in [0.25, 0.3) is 0 Å². The Labute approximate surface area is 119 Å². The summed E-state index contributed by atoms with van der Waals surface area (Å²) in [6, 6.07) is 5.40. The van der Waals surface area contributed by atoms with Crippen LogP contribution in [-0.4, -0.2) is 24.3 Å². The van der Waals surface area contributed by atoms with E-state index in [-0.39, 0.29) is 17.7 Å². The lowest BCUT2D eigenvalue weighted by molar-refractivity contribution is -0.121. The van der Waals surface area contributed by atoms with E-state index in [1.54, 1.807) is 18.2 Å². The summed E-state index contributed by atoms with van der Waals surface area (Å²) in [7, 11) is 0. The number of ketones is 1. The highest BCUT2D eigenvalue weighted by Gasteiger charge is 2.07. The molecule has 0 aromatic heterocycles. The number of hydrogen-bond donors (Lipinski definition) is 3. The van der Waals surface area contributed by atoms with Gasteiger partial charge in [-0.1, -0.05) is 6.92 Å². The standard InChI is InChI=1S/C15H23N3O2/c1-4-10(2)18-15(20)7-8-17-12-5-6-14(16)13(9-12)11(3)19/h5-6,9-10,17H,4,7-8,16H2,1-3H3,(H,18,20). The topological polar surface area (TPSA) is 84.2 Å².